The number of sulfonamides is 1. The molecular weight excluding hydrogens is 564 g/mol. The van der Waals surface area contributed by atoms with E-state index in [9.17, 15) is 18.0 Å². The van der Waals surface area contributed by atoms with E-state index in [4.69, 9.17) is 16.9 Å². The summed E-state index contributed by atoms with van der Waals surface area (Å²) >= 11 is 5.70. The summed E-state index contributed by atoms with van der Waals surface area (Å²) in [4.78, 5) is 40.1. The number of nitriles is 1. The van der Waals surface area contributed by atoms with E-state index in [1.165, 1.54) is 10.4 Å². The number of pyridine rings is 2. The second-order valence-electron chi connectivity index (χ2n) is 10.3. The third kappa shape index (κ3) is 4.22. The molecule has 0 bridgehead atoms. The molecule has 2 aromatic heterocycles. The molecule has 12 heteroatoms. The summed E-state index contributed by atoms with van der Waals surface area (Å²) in [6.45, 7) is 0.512. The Hall–Kier alpha value is -4.11. The van der Waals surface area contributed by atoms with Crippen LogP contribution in [-0.2, 0) is 20.4 Å². The van der Waals surface area contributed by atoms with Crippen LogP contribution in [0.4, 0.5) is 0 Å². The Morgan fingerprint density at radius 2 is 1.56 bits per heavy atom. The number of fused-ring (bicyclic) bond motifs is 1. The number of ketones is 1. The number of allylic oxidation sites excluding steroid dienone is 1. The van der Waals surface area contributed by atoms with Crippen molar-refractivity contribution in [3.63, 3.8) is 0 Å². The summed E-state index contributed by atoms with van der Waals surface area (Å²) in [7, 11) is -1.80. The number of benzene rings is 1. The highest BCUT2D eigenvalue weighted by Crippen LogP contribution is 2.56. The van der Waals surface area contributed by atoms with Gasteiger partial charge in [0.15, 0.2) is 11.3 Å². The highest BCUT2D eigenvalue weighted by atomic mass is 35.5. The van der Waals surface area contributed by atoms with Gasteiger partial charge >= 0.3 is 0 Å². The number of aromatic nitrogens is 2. The molecule has 2 aliphatic heterocycles. The second-order valence-corrected chi connectivity index (χ2v) is 12.9. The Labute approximate surface area is 242 Å². The third-order valence-corrected chi connectivity index (χ3v) is 10.5. The van der Waals surface area contributed by atoms with Crippen molar-refractivity contribution in [1.82, 2.24) is 24.1 Å². The molecule has 4 heterocycles. The van der Waals surface area contributed by atoms with Crippen molar-refractivity contribution in [2.45, 2.75) is 11.6 Å². The van der Waals surface area contributed by atoms with Crippen LogP contribution >= 0.6 is 11.6 Å². The molecule has 6 rings (SSSR count). The van der Waals surface area contributed by atoms with E-state index in [2.05, 4.69) is 9.97 Å². The number of amides is 1. The molecule has 0 spiro atoms. The van der Waals surface area contributed by atoms with Crippen molar-refractivity contribution in [2.24, 2.45) is 11.8 Å². The lowest BCUT2D eigenvalue weighted by molar-refractivity contribution is -0.132. The molecule has 1 aromatic carbocycles. The molecule has 1 saturated carbocycles. The van der Waals surface area contributed by atoms with Gasteiger partial charge in [0.05, 0.1) is 11.6 Å². The number of likely N-dealkylation sites (N-methyl/N-ethyl adjacent to an activating group) is 1. The fraction of sp³-hybridized carbons (Fsp3) is 0.276. The van der Waals surface area contributed by atoms with Crippen LogP contribution in [0.5, 0.6) is 0 Å². The molecule has 41 heavy (non-hydrogen) atoms. The van der Waals surface area contributed by atoms with Crippen molar-refractivity contribution in [2.75, 3.05) is 25.3 Å². The maximum atomic E-state index is 14.8. The van der Waals surface area contributed by atoms with Gasteiger partial charge in [-0.2, -0.15) is 5.26 Å². The normalized spacial score (nSPS) is 24.4. The summed E-state index contributed by atoms with van der Waals surface area (Å²) in [5.41, 5.74) is 0.824. The van der Waals surface area contributed by atoms with Crippen LogP contribution < -0.4 is 0 Å². The highest BCUT2D eigenvalue weighted by molar-refractivity contribution is 7.90. The molecule has 1 amide bonds. The number of nitrogens with zero attached hydrogens (tertiary/aromatic N) is 6. The van der Waals surface area contributed by atoms with Gasteiger partial charge in [-0.15, -0.1) is 11.6 Å². The molecule has 208 valence electrons. The smallest absolute Gasteiger partial charge is 0.263 e. The topological polar surface area (TPSA) is 128 Å². The third-order valence-electron chi connectivity index (χ3n) is 8.32. The van der Waals surface area contributed by atoms with Crippen molar-refractivity contribution >= 4 is 33.3 Å². The molecule has 2 saturated heterocycles. The van der Waals surface area contributed by atoms with E-state index in [0.29, 0.717) is 28.1 Å². The van der Waals surface area contributed by atoms with Crippen LogP contribution in [0.15, 0.2) is 85.2 Å². The summed E-state index contributed by atoms with van der Waals surface area (Å²) in [5.74, 6) is -0.355. The number of hydrogen-bond donors (Lipinski definition) is 0. The lowest BCUT2D eigenvalue weighted by Crippen LogP contribution is -2.46. The average Bonchev–Trinajstić information content (AvgIpc) is 3.36. The largest absolute Gasteiger partial charge is 0.339 e. The number of halogens is 1. The summed E-state index contributed by atoms with van der Waals surface area (Å²) in [6, 6.07) is 15.2. The molecule has 10 nitrogen and oxygen atoms in total. The minimum absolute atomic E-state index is 0.0931. The summed E-state index contributed by atoms with van der Waals surface area (Å²) < 4.78 is 26.2. The average molecular weight is 589 g/mol. The van der Waals surface area contributed by atoms with Crippen LogP contribution in [0.25, 0.3) is 0 Å². The number of rotatable bonds is 7. The van der Waals surface area contributed by atoms with Gasteiger partial charge in [0.25, 0.3) is 5.91 Å². The van der Waals surface area contributed by atoms with Gasteiger partial charge in [-0.3, -0.25) is 24.5 Å². The van der Waals surface area contributed by atoms with E-state index in [1.54, 1.807) is 85.3 Å². The Morgan fingerprint density at radius 1 is 1.02 bits per heavy atom. The zero-order chi connectivity index (χ0) is 28.9. The minimum atomic E-state index is -3.58. The molecule has 3 aromatic rings. The molecule has 1 aliphatic carbocycles. The molecule has 0 N–H and O–H groups in total. The first-order chi connectivity index (χ1) is 19.7. The zero-order valence-corrected chi connectivity index (χ0v) is 23.5. The van der Waals surface area contributed by atoms with Crippen molar-refractivity contribution in [1.29, 1.82) is 5.26 Å². The van der Waals surface area contributed by atoms with Crippen molar-refractivity contribution < 1.29 is 18.0 Å². The first-order valence-corrected chi connectivity index (χ1v) is 15.1. The fourth-order valence-corrected chi connectivity index (χ4v) is 7.59. The second kappa shape index (κ2) is 10.1. The summed E-state index contributed by atoms with van der Waals surface area (Å²) in [5, 5.41) is 8.65. The Bertz CT molecular complexity index is 1640. The van der Waals surface area contributed by atoms with Crippen molar-refractivity contribution in [3.05, 3.63) is 107 Å². The Kier molecular flexibility index (Phi) is 6.65. The van der Waals surface area contributed by atoms with Crippen LogP contribution in [0.3, 0.4) is 0 Å². The monoisotopic (exact) mass is 588 g/mol. The quantitative estimate of drug-likeness (QED) is 0.234. The number of carbonyl (C=O) groups is 2. The van der Waals surface area contributed by atoms with Crippen LogP contribution in [0.2, 0.25) is 0 Å². The molecular formula is C29H25ClN6O4S. The Balaban J connectivity index is 1.47. The highest BCUT2D eigenvalue weighted by Gasteiger charge is 2.67. The predicted octanol–water partition coefficient (Wildman–Crippen LogP) is 2.55. The number of alkyl halides is 1. The van der Waals surface area contributed by atoms with Gasteiger partial charge in [0.2, 0.25) is 10.0 Å². The van der Waals surface area contributed by atoms with Gasteiger partial charge in [-0.05, 0) is 59.7 Å². The van der Waals surface area contributed by atoms with Crippen LogP contribution in [-0.4, -0.2) is 75.6 Å². The number of carbonyl (C=O) groups excluding carboxylic acids is 2. The standard InChI is InChI=1S/C29H25ClN6O4S/c1-34-26(14-25(37)20-4-2-19(15-31)3-5-20)36(27-23-16-35(17-24(23)27)41(39,40)18-30)28(38)29(34,21-6-10-32-11-7-21)22-8-12-33-13-9-22/h2-14,23-24,27H,16-18H2,1H3/t23-,24+,27+. The lowest BCUT2D eigenvalue weighted by atomic mass is 9.82. The first kappa shape index (κ1) is 27.1. The van der Waals surface area contributed by atoms with Crippen LogP contribution in [0, 0.1) is 23.2 Å². The van der Waals surface area contributed by atoms with Gasteiger partial charge in [-0.1, -0.05) is 0 Å². The Morgan fingerprint density at radius 3 is 2.05 bits per heavy atom. The van der Waals surface area contributed by atoms with Crippen LogP contribution in [0.1, 0.15) is 27.0 Å². The predicted molar refractivity (Wildman–Crippen MR) is 149 cm³/mol. The van der Waals surface area contributed by atoms with Gasteiger partial charge in [0, 0.05) is 74.4 Å². The number of piperidine rings is 1. The zero-order valence-electron chi connectivity index (χ0n) is 22.0. The SMILES string of the molecule is CN1C(=CC(=O)c2ccc(C#N)cc2)N([C@H]2[C@@H]3CN(S(=O)(=O)CCl)C[C@@H]32)C(=O)C1(c1ccncc1)c1ccncc1. The van der Waals surface area contributed by atoms with Crippen molar-refractivity contribution in [3.8, 4) is 6.07 Å². The van der Waals surface area contributed by atoms with E-state index >= 15 is 0 Å². The first-order valence-electron chi connectivity index (χ1n) is 12.9. The molecule has 0 radical (unpaired) electrons. The van der Waals surface area contributed by atoms with Gasteiger partial charge in [0.1, 0.15) is 11.0 Å². The maximum absolute atomic E-state index is 14.8. The summed E-state index contributed by atoms with van der Waals surface area (Å²) in [6.07, 6.45) is 7.93. The molecule has 3 fully saturated rings. The van der Waals surface area contributed by atoms with E-state index in [0.717, 1.165) is 0 Å². The molecule has 0 unspecified atom stereocenters. The van der Waals surface area contributed by atoms with Gasteiger partial charge < -0.3 is 4.90 Å². The number of hydrogen-bond acceptors (Lipinski definition) is 8. The van der Waals surface area contributed by atoms with E-state index < -0.39 is 20.8 Å². The molecule has 3 aliphatic rings. The van der Waals surface area contributed by atoms with E-state index in [-0.39, 0.29) is 42.7 Å². The fourth-order valence-electron chi connectivity index (χ4n) is 6.24. The van der Waals surface area contributed by atoms with E-state index in [1.807, 2.05) is 11.0 Å². The van der Waals surface area contributed by atoms with Gasteiger partial charge in [-0.25, -0.2) is 12.7 Å². The lowest BCUT2D eigenvalue weighted by Gasteiger charge is -2.35. The maximum Gasteiger partial charge on any atom is 0.263 e. The minimum Gasteiger partial charge on any atom is -0.339 e. The molecule has 3 atom stereocenters.